The lowest BCUT2D eigenvalue weighted by atomic mass is 9.86. The van der Waals surface area contributed by atoms with E-state index in [2.05, 4.69) is 39.0 Å². The Morgan fingerprint density at radius 2 is 2.05 bits per heavy atom. The Hall–Kier alpha value is -1.81. The van der Waals surface area contributed by atoms with E-state index in [0.717, 1.165) is 23.7 Å². The fourth-order valence-electron chi connectivity index (χ4n) is 2.64. The Balaban J connectivity index is 2.51. The van der Waals surface area contributed by atoms with Gasteiger partial charge < -0.3 is 14.4 Å². The van der Waals surface area contributed by atoms with Gasteiger partial charge in [0.25, 0.3) is 0 Å². The second-order valence-electron chi connectivity index (χ2n) is 6.67. The molecule has 22 heavy (non-hydrogen) atoms. The predicted octanol–water partition coefficient (Wildman–Crippen LogP) is 3.04. The fourth-order valence-corrected chi connectivity index (χ4v) is 2.64. The largest absolute Gasteiger partial charge is 0.468 e. The van der Waals surface area contributed by atoms with Crippen LogP contribution in [0.4, 0.5) is 0 Å². The van der Waals surface area contributed by atoms with Crippen molar-refractivity contribution < 1.29 is 14.6 Å². The van der Waals surface area contributed by atoms with E-state index in [1.807, 2.05) is 10.8 Å². The summed E-state index contributed by atoms with van der Waals surface area (Å²) in [6.45, 7) is 6.94. The number of hydrogen-bond donors (Lipinski definition) is 1. The highest BCUT2D eigenvalue weighted by Crippen LogP contribution is 2.29. The summed E-state index contributed by atoms with van der Waals surface area (Å²) in [5.74, 6) is -0.259. The first-order valence-corrected chi connectivity index (χ1v) is 7.66. The third-order valence-corrected chi connectivity index (χ3v) is 3.96. The number of fused-ring (bicyclic) bond motifs is 1. The molecule has 0 radical (unpaired) electrons. The van der Waals surface area contributed by atoms with Gasteiger partial charge >= 0.3 is 5.97 Å². The van der Waals surface area contributed by atoms with E-state index < -0.39 is 0 Å². The summed E-state index contributed by atoms with van der Waals surface area (Å²) in [6, 6.07) is 6.39. The number of aliphatic hydroxyl groups is 1. The van der Waals surface area contributed by atoms with E-state index in [9.17, 15) is 4.79 Å². The van der Waals surface area contributed by atoms with Crippen LogP contribution in [0, 0.1) is 0 Å². The first-order chi connectivity index (χ1) is 10.4. The summed E-state index contributed by atoms with van der Waals surface area (Å²) < 4.78 is 6.70. The summed E-state index contributed by atoms with van der Waals surface area (Å²) in [4.78, 5) is 11.6. The molecule has 4 heteroatoms. The maximum Gasteiger partial charge on any atom is 0.325 e. The first kappa shape index (κ1) is 16.6. The molecule has 120 valence electrons. The van der Waals surface area contributed by atoms with E-state index in [1.165, 1.54) is 18.2 Å². The van der Waals surface area contributed by atoms with Gasteiger partial charge in [-0.3, -0.25) is 4.79 Å². The normalized spacial score (nSPS) is 11.9. The summed E-state index contributed by atoms with van der Waals surface area (Å²) >= 11 is 0. The molecule has 2 rings (SSSR count). The van der Waals surface area contributed by atoms with Gasteiger partial charge in [-0.1, -0.05) is 26.8 Å². The standard InChI is InChI=1S/C18H25NO3/c1-18(2,3)14-7-8-16-15(10-14)13(6-5-9-20)11-19(16)12-17(21)22-4/h7-8,10-11,20H,5-6,9,12H2,1-4H3. The zero-order valence-electron chi connectivity index (χ0n) is 13.8. The van der Waals surface area contributed by atoms with Crippen LogP contribution >= 0.6 is 0 Å². The lowest BCUT2D eigenvalue weighted by Gasteiger charge is -2.19. The van der Waals surface area contributed by atoms with E-state index in [0.29, 0.717) is 0 Å². The number of ether oxygens (including phenoxy) is 1. The maximum absolute atomic E-state index is 11.6. The molecule has 2 aromatic rings. The monoisotopic (exact) mass is 303 g/mol. The number of aromatic nitrogens is 1. The molecule has 0 amide bonds. The van der Waals surface area contributed by atoms with Gasteiger partial charge in [0.05, 0.1) is 7.11 Å². The third-order valence-electron chi connectivity index (χ3n) is 3.96. The van der Waals surface area contributed by atoms with Gasteiger partial charge in [0.15, 0.2) is 0 Å². The van der Waals surface area contributed by atoms with E-state index >= 15 is 0 Å². The lowest BCUT2D eigenvalue weighted by Crippen LogP contribution is -2.12. The van der Waals surface area contributed by atoms with E-state index in [4.69, 9.17) is 9.84 Å². The number of carbonyl (C=O) groups excluding carboxylic acids is 1. The molecule has 0 spiro atoms. The number of methoxy groups -OCH3 is 1. The van der Waals surface area contributed by atoms with Crippen molar-refractivity contribution in [2.75, 3.05) is 13.7 Å². The molecule has 1 N–H and O–H groups in total. The van der Waals surface area contributed by atoms with Crippen molar-refractivity contribution in [1.82, 2.24) is 4.57 Å². The van der Waals surface area contributed by atoms with Gasteiger partial charge in [-0.2, -0.15) is 0 Å². The summed E-state index contributed by atoms with van der Waals surface area (Å²) in [5, 5.41) is 10.3. The number of carbonyl (C=O) groups is 1. The number of esters is 1. The first-order valence-electron chi connectivity index (χ1n) is 7.66. The molecule has 0 aliphatic rings. The van der Waals surface area contributed by atoms with Crippen LogP contribution < -0.4 is 0 Å². The molecule has 4 nitrogen and oxygen atoms in total. The van der Waals surface area contributed by atoms with Gasteiger partial charge in [0.2, 0.25) is 0 Å². The van der Waals surface area contributed by atoms with Crippen molar-refractivity contribution in [3.63, 3.8) is 0 Å². The average molecular weight is 303 g/mol. The van der Waals surface area contributed by atoms with Gasteiger partial charge in [0, 0.05) is 23.7 Å². The molecule has 1 aromatic carbocycles. The van der Waals surface area contributed by atoms with Crippen LogP contribution in [0.2, 0.25) is 0 Å². The van der Waals surface area contributed by atoms with Crippen LogP contribution in [-0.2, 0) is 27.9 Å². The number of nitrogens with zero attached hydrogens (tertiary/aromatic N) is 1. The second-order valence-corrected chi connectivity index (χ2v) is 6.67. The zero-order valence-corrected chi connectivity index (χ0v) is 13.8. The molecule has 0 saturated carbocycles. The van der Waals surface area contributed by atoms with Crippen molar-refractivity contribution >= 4 is 16.9 Å². The minimum absolute atomic E-state index is 0.0763. The molecule has 0 bridgehead atoms. The van der Waals surface area contributed by atoms with Gasteiger partial charge in [-0.15, -0.1) is 0 Å². The van der Waals surface area contributed by atoms with Crippen LogP contribution in [-0.4, -0.2) is 29.4 Å². The Kier molecular flexibility index (Phi) is 4.91. The molecule has 1 heterocycles. The highest BCUT2D eigenvalue weighted by Gasteiger charge is 2.17. The molecule has 1 aromatic heterocycles. The Morgan fingerprint density at radius 3 is 2.64 bits per heavy atom. The molecule has 0 unspecified atom stereocenters. The Bertz CT molecular complexity index is 665. The fraction of sp³-hybridized carbons (Fsp3) is 0.500. The van der Waals surface area contributed by atoms with Crippen LogP contribution in [0.5, 0.6) is 0 Å². The number of hydrogen-bond acceptors (Lipinski definition) is 3. The molecule has 0 aliphatic heterocycles. The molecule has 0 saturated heterocycles. The number of benzene rings is 1. The SMILES string of the molecule is COC(=O)Cn1cc(CCCO)c2cc(C(C)(C)C)ccc21. The second kappa shape index (κ2) is 6.53. The minimum atomic E-state index is -0.259. The molecular weight excluding hydrogens is 278 g/mol. The predicted molar refractivity (Wildman–Crippen MR) is 88.1 cm³/mol. The highest BCUT2D eigenvalue weighted by atomic mass is 16.5. The van der Waals surface area contributed by atoms with Crippen molar-refractivity contribution in [2.45, 2.75) is 45.6 Å². The number of rotatable bonds is 5. The van der Waals surface area contributed by atoms with Crippen LogP contribution in [0.3, 0.4) is 0 Å². The molecule has 0 atom stereocenters. The summed E-state index contributed by atoms with van der Waals surface area (Å²) in [5.41, 5.74) is 3.54. The van der Waals surface area contributed by atoms with Crippen molar-refractivity contribution in [2.24, 2.45) is 0 Å². The highest BCUT2D eigenvalue weighted by molar-refractivity contribution is 5.86. The maximum atomic E-state index is 11.6. The zero-order chi connectivity index (χ0) is 16.3. The van der Waals surface area contributed by atoms with Gasteiger partial charge in [-0.05, 0) is 41.5 Å². The van der Waals surface area contributed by atoms with Crippen molar-refractivity contribution in [3.8, 4) is 0 Å². The smallest absolute Gasteiger partial charge is 0.325 e. The molecule has 0 fully saturated rings. The number of aliphatic hydroxyl groups excluding tert-OH is 1. The molecular formula is C18H25NO3. The average Bonchev–Trinajstić information content (AvgIpc) is 2.81. The van der Waals surface area contributed by atoms with Gasteiger partial charge in [-0.25, -0.2) is 0 Å². The topological polar surface area (TPSA) is 51.5 Å². The Morgan fingerprint density at radius 1 is 1.32 bits per heavy atom. The van der Waals surface area contributed by atoms with Crippen LogP contribution in [0.15, 0.2) is 24.4 Å². The van der Waals surface area contributed by atoms with Crippen LogP contribution in [0.1, 0.15) is 38.3 Å². The van der Waals surface area contributed by atoms with Crippen molar-refractivity contribution in [1.29, 1.82) is 0 Å². The van der Waals surface area contributed by atoms with Gasteiger partial charge in [0.1, 0.15) is 6.54 Å². The third kappa shape index (κ3) is 3.50. The molecule has 0 aliphatic carbocycles. The van der Waals surface area contributed by atoms with Crippen molar-refractivity contribution in [3.05, 3.63) is 35.5 Å². The minimum Gasteiger partial charge on any atom is -0.468 e. The summed E-state index contributed by atoms with van der Waals surface area (Å²) in [7, 11) is 1.40. The quantitative estimate of drug-likeness (QED) is 0.864. The van der Waals surface area contributed by atoms with E-state index in [-0.39, 0.29) is 24.5 Å². The lowest BCUT2D eigenvalue weighted by molar-refractivity contribution is -0.141. The van der Waals surface area contributed by atoms with Crippen LogP contribution in [0.25, 0.3) is 10.9 Å². The van der Waals surface area contributed by atoms with E-state index in [1.54, 1.807) is 0 Å². The number of aryl methyl sites for hydroxylation is 1. The Labute approximate surface area is 131 Å². The summed E-state index contributed by atoms with van der Waals surface area (Å²) in [6.07, 6.45) is 3.52.